The molecule has 2 saturated carbocycles. The number of nitrogens with one attached hydrogen (secondary N) is 1. The molecule has 1 aromatic carbocycles. The summed E-state index contributed by atoms with van der Waals surface area (Å²) in [5.74, 6) is -1.17. The lowest BCUT2D eigenvalue weighted by atomic mass is 9.45. The third kappa shape index (κ3) is 3.19. The number of carbonyl (C=O) groups is 2. The monoisotopic (exact) mass is 602 g/mol. The van der Waals surface area contributed by atoms with Crippen LogP contribution in [0.15, 0.2) is 34.8 Å². The van der Waals surface area contributed by atoms with Crippen molar-refractivity contribution in [1.82, 2.24) is 4.90 Å². The Bertz CT molecular complexity index is 1260. The molecule has 5 aliphatic rings. The number of amides is 1. The van der Waals surface area contributed by atoms with Crippen LogP contribution in [-0.4, -0.2) is 71.1 Å². The fourth-order valence-corrected chi connectivity index (χ4v) is 10.2. The van der Waals surface area contributed by atoms with Crippen molar-refractivity contribution in [3.63, 3.8) is 0 Å². The first-order valence-corrected chi connectivity index (χ1v) is 14.8. The van der Waals surface area contributed by atoms with Crippen molar-refractivity contribution in [2.45, 2.75) is 63.7 Å². The molecule has 3 aliphatic heterocycles. The zero-order chi connectivity index (χ0) is 28.1. The highest BCUT2D eigenvalue weighted by Crippen LogP contribution is 2.67. The highest BCUT2D eigenvalue weighted by Gasteiger charge is 2.79. The Labute approximate surface area is 237 Å². The minimum atomic E-state index is -1.49. The van der Waals surface area contributed by atoms with E-state index >= 15 is 0 Å². The molecule has 1 aromatic rings. The van der Waals surface area contributed by atoms with Gasteiger partial charge in [0.05, 0.1) is 12.7 Å². The Kier molecular flexibility index (Phi) is 6.22. The maximum Gasteiger partial charge on any atom is 0.318 e. The van der Waals surface area contributed by atoms with Crippen molar-refractivity contribution in [2.75, 3.05) is 32.1 Å². The van der Waals surface area contributed by atoms with Crippen molar-refractivity contribution >= 4 is 33.5 Å². The minimum absolute atomic E-state index is 0.00732. The van der Waals surface area contributed by atoms with Crippen LogP contribution < -0.4 is 5.32 Å². The second kappa shape index (κ2) is 8.86. The fourth-order valence-electron chi connectivity index (χ4n) is 9.82. The van der Waals surface area contributed by atoms with E-state index in [1.54, 1.807) is 0 Å². The number of aliphatic hydroxyl groups excluding tert-OH is 3. The lowest BCUT2D eigenvalue weighted by molar-refractivity contribution is -0.165. The van der Waals surface area contributed by atoms with Crippen molar-refractivity contribution in [3.05, 3.63) is 40.4 Å². The zero-order valence-corrected chi connectivity index (χ0v) is 24.5. The number of likely N-dealkylation sites (tertiary alicyclic amines) is 1. The smallest absolute Gasteiger partial charge is 0.318 e. The van der Waals surface area contributed by atoms with Gasteiger partial charge in [0.25, 0.3) is 5.91 Å². The Hall–Kier alpha value is -1.78. The van der Waals surface area contributed by atoms with Crippen LogP contribution in [0, 0.1) is 34.0 Å². The zero-order valence-electron chi connectivity index (χ0n) is 22.9. The second-order valence-electron chi connectivity index (χ2n) is 13.2. The van der Waals surface area contributed by atoms with Gasteiger partial charge in [-0.25, -0.2) is 0 Å². The molecule has 0 radical (unpaired) electrons. The number of esters is 1. The molecular weight excluding hydrogens is 564 g/mol. The predicted molar refractivity (Wildman–Crippen MR) is 148 cm³/mol. The summed E-state index contributed by atoms with van der Waals surface area (Å²) < 4.78 is 6.36. The lowest BCUT2D eigenvalue weighted by Gasteiger charge is -2.60. The molecule has 0 aromatic heterocycles. The quantitative estimate of drug-likeness (QED) is 0.310. The summed E-state index contributed by atoms with van der Waals surface area (Å²) in [6.07, 6.45) is 1.80. The Morgan fingerprint density at radius 3 is 2.62 bits per heavy atom. The van der Waals surface area contributed by atoms with Crippen LogP contribution >= 0.6 is 15.9 Å². The molecule has 2 spiro atoms. The Morgan fingerprint density at radius 2 is 1.95 bits per heavy atom. The highest BCUT2D eigenvalue weighted by molar-refractivity contribution is 9.10. The summed E-state index contributed by atoms with van der Waals surface area (Å²) in [4.78, 5) is 29.9. The summed E-state index contributed by atoms with van der Waals surface area (Å²) in [5, 5.41) is 36.0. The largest absolute Gasteiger partial charge is 0.462 e. The van der Waals surface area contributed by atoms with Gasteiger partial charge in [-0.3, -0.25) is 14.5 Å². The number of cyclic esters (lactones) is 1. The van der Waals surface area contributed by atoms with E-state index in [4.69, 9.17) is 4.74 Å². The summed E-state index contributed by atoms with van der Waals surface area (Å²) in [5.41, 5.74) is -1.38. The molecule has 4 N–H and O–H groups in total. The van der Waals surface area contributed by atoms with Crippen LogP contribution in [0.3, 0.4) is 0 Å². The number of ether oxygens (including phenoxy) is 1. The molecule has 1 unspecified atom stereocenters. The van der Waals surface area contributed by atoms with Crippen molar-refractivity contribution in [2.24, 2.45) is 34.0 Å². The second-order valence-corrected chi connectivity index (χ2v) is 14.1. The third-order valence-corrected chi connectivity index (χ3v) is 12.2. The molecule has 9 atom stereocenters. The van der Waals surface area contributed by atoms with Crippen LogP contribution in [0.4, 0.5) is 5.69 Å². The first kappa shape index (κ1) is 27.4. The van der Waals surface area contributed by atoms with Crippen LogP contribution in [0.1, 0.15) is 51.5 Å². The van der Waals surface area contributed by atoms with E-state index in [9.17, 15) is 24.9 Å². The summed E-state index contributed by atoms with van der Waals surface area (Å²) in [6.45, 7) is 8.90. The van der Waals surface area contributed by atoms with E-state index in [1.807, 2.05) is 37.1 Å². The number of nitrogens with zero attached hydrogens (tertiary/aromatic N) is 1. The van der Waals surface area contributed by atoms with Crippen molar-refractivity contribution in [1.29, 1.82) is 0 Å². The predicted octanol–water partition coefficient (Wildman–Crippen LogP) is 3.19. The summed E-state index contributed by atoms with van der Waals surface area (Å²) >= 11 is 3.54. The number of hydrogen-bond donors (Lipinski definition) is 4. The maximum absolute atomic E-state index is 14.0. The molecule has 8 nitrogen and oxygen atoms in total. The number of hydrogen-bond acceptors (Lipinski definition) is 7. The van der Waals surface area contributed by atoms with Gasteiger partial charge < -0.3 is 25.4 Å². The molecule has 3 heterocycles. The number of likely N-dealkylation sites (N-methyl/N-ethyl adjacent to an activating group) is 1. The lowest BCUT2D eigenvalue weighted by Crippen LogP contribution is -2.62. The van der Waals surface area contributed by atoms with Crippen molar-refractivity contribution < 1.29 is 29.6 Å². The molecule has 2 saturated heterocycles. The molecule has 6 rings (SSSR count). The van der Waals surface area contributed by atoms with Gasteiger partial charge in [0, 0.05) is 27.7 Å². The van der Waals surface area contributed by atoms with Gasteiger partial charge in [-0.05, 0) is 80.5 Å². The Morgan fingerprint density at radius 1 is 1.21 bits per heavy atom. The molecule has 9 heteroatoms. The number of fused-ring (bicyclic) bond motifs is 4. The molecule has 2 aliphatic carbocycles. The average molecular weight is 604 g/mol. The molecule has 212 valence electrons. The number of carbonyl (C=O) groups excluding carboxylic acids is 2. The standard InChI is InChI=1S/C30H39BrN2O6/c1-16-5-8-22-27(2,10-9-23(35)28(22,3)15-34)19(16)11-17-13-33(4)30(29(17)24(36)14-39-26(29)38)20-12-18(31)6-7-21(20)32-25(30)37/h6-7,12,17,19,22-24,34-36H,1,5,8-11,13-15H2,2-4H3,(H,32,37)/t17?,19-,22+,23-,24-,27-,28+,29+,30+/m1/s1. The first-order valence-electron chi connectivity index (χ1n) is 14.0. The van der Waals surface area contributed by atoms with E-state index in [1.165, 1.54) is 0 Å². The van der Waals surface area contributed by atoms with Gasteiger partial charge in [-0.2, -0.15) is 0 Å². The summed E-state index contributed by atoms with van der Waals surface area (Å²) in [6, 6.07) is 5.55. The number of benzene rings is 1. The number of halogens is 1. The van der Waals surface area contributed by atoms with E-state index in [0.29, 0.717) is 30.6 Å². The molecule has 0 bridgehead atoms. The minimum Gasteiger partial charge on any atom is -0.462 e. The van der Waals surface area contributed by atoms with Gasteiger partial charge >= 0.3 is 5.97 Å². The van der Waals surface area contributed by atoms with Gasteiger partial charge in [0.1, 0.15) is 23.7 Å². The number of anilines is 1. The normalized spacial score (nSPS) is 45.5. The number of rotatable bonds is 3. The van der Waals surface area contributed by atoms with Gasteiger partial charge in [-0.15, -0.1) is 0 Å². The van der Waals surface area contributed by atoms with Crippen molar-refractivity contribution in [3.8, 4) is 0 Å². The van der Waals surface area contributed by atoms with E-state index in [2.05, 4.69) is 34.7 Å². The maximum atomic E-state index is 14.0. The van der Waals surface area contributed by atoms with Crippen LogP contribution in [0.2, 0.25) is 0 Å². The third-order valence-electron chi connectivity index (χ3n) is 11.7. The summed E-state index contributed by atoms with van der Waals surface area (Å²) in [7, 11) is 1.86. The highest BCUT2D eigenvalue weighted by atomic mass is 79.9. The van der Waals surface area contributed by atoms with E-state index in [0.717, 1.165) is 29.3 Å². The van der Waals surface area contributed by atoms with Gasteiger partial charge in [0.2, 0.25) is 0 Å². The number of aliphatic hydroxyl groups is 3. The number of allylic oxidation sites excluding steroid dienone is 1. The SMILES string of the molecule is C=C1CC[C@@H]2[C@](C)(CO)[C@H](O)CC[C@]2(C)[C@@H]1CC1CN(C)[C@@]2(C(=O)Nc3ccc(Br)cc32)[C@@]12C(=O)OC[C@H]2O. The van der Waals surface area contributed by atoms with E-state index in [-0.39, 0.29) is 42.3 Å². The topological polar surface area (TPSA) is 119 Å². The van der Waals surface area contributed by atoms with Crippen LogP contribution in [-0.2, 0) is 19.9 Å². The van der Waals surface area contributed by atoms with Crippen LogP contribution in [0.5, 0.6) is 0 Å². The molecule has 4 fully saturated rings. The molecule has 39 heavy (non-hydrogen) atoms. The van der Waals surface area contributed by atoms with E-state index < -0.39 is 34.5 Å². The average Bonchev–Trinajstić information content (AvgIpc) is 3.46. The van der Waals surface area contributed by atoms with Gasteiger partial charge in [-0.1, -0.05) is 41.9 Å². The van der Waals surface area contributed by atoms with Gasteiger partial charge in [0.15, 0.2) is 0 Å². The van der Waals surface area contributed by atoms with Crippen LogP contribution in [0.25, 0.3) is 0 Å². The first-order chi connectivity index (χ1) is 18.4. The fraction of sp³-hybridized carbons (Fsp3) is 0.667. The Balaban J connectivity index is 1.48. The molecular formula is C30H39BrN2O6. The molecule has 1 amide bonds.